The zero-order valence-corrected chi connectivity index (χ0v) is 14.6. The highest BCUT2D eigenvalue weighted by Crippen LogP contribution is 2.36. The average Bonchev–Trinajstić information content (AvgIpc) is 3.03. The Labute approximate surface area is 145 Å². The third-order valence-electron chi connectivity index (χ3n) is 4.70. The van der Waals surface area contributed by atoms with Crippen LogP contribution in [0.25, 0.3) is 0 Å². The van der Waals surface area contributed by atoms with Crippen LogP contribution in [0, 0.1) is 11.8 Å². The van der Waals surface area contributed by atoms with Gasteiger partial charge >= 0.3 is 12.3 Å². The maximum atomic E-state index is 12.7. The number of alkyl halides is 3. The summed E-state index contributed by atoms with van der Waals surface area (Å²) < 4.78 is 43.4. The van der Waals surface area contributed by atoms with Gasteiger partial charge in [-0.25, -0.2) is 4.79 Å². The Morgan fingerprint density at radius 2 is 1.52 bits per heavy atom. The minimum absolute atomic E-state index is 0.289. The van der Waals surface area contributed by atoms with Crippen molar-refractivity contribution >= 4 is 11.8 Å². The van der Waals surface area contributed by atoms with E-state index in [2.05, 4.69) is 4.90 Å². The van der Waals surface area contributed by atoms with Crippen molar-refractivity contribution in [2.45, 2.75) is 32.5 Å². The molecule has 2 heterocycles. The number of hydrogen-bond acceptors (Lipinski definition) is 3. The fraction of sp³-hybridized carbons (Fsp3) is 0.611. The zero-order chi connectivity index (χ0) is 18.4. The van der Waals surface area contributed by atoms with E-state index in [-0.39, 0.29) is 6.09 Å². The topological polar surface area (TPSA) is 32.8 Å². The first kappa shape index (κ1) is 17.9. The van der Waals surface area contributed by atoms with Gasteiger partial charge in [-0.05, 0) is 45.0 Å². The minimum Gasteiger partial charge on any atom is -0.444 e. The summed E-state index contributed by atoms with van der Waals surface area (Å²) in [6.07, 6.45) is -4.60. The Kier molecular flexibility index (Phi) is 4.37. The van der Waals surface area contributed by atoms with Crippen molar-refractivity contribution < 1.29 is 22.7 Å². The molecular weight excluding hydrogens is 333 g/mol. The third-order valence-corrected chi connectivity index (χ3v) is 4.70. The Hall–Kier alpha value is -1.92. The number of halogens is 3. The number of amides is 1. The Balaban J connectivity index is 1.59. The molecule has 0 N–H and O–H groups in total. The van der Waals surface area contributed by atoms with Crippen LogP contribution in [0.2, 0.25) is 0 Å². The lowest BCUT2D eigenvalue weighted by Crippen LogP contribution is -2.37. The quantitative estimate of drug-likeness (QED) is 0.762. The van der Waals surface area contributed by atoms with Gasteiger partial charge in [0.05, 0.1) is 5.56 Å². The number of benzene rings is 1. The molecule has 2 aliphatic heterocycles. The second-order valence-electron chi connectivity index (χ2n) is 7.86. The molecule has 3 rings (SSSR count). The SMILES string of the molecule is CC(C)(C)OC(=O)N1C[C@@H]2CN(c3ccc(C(F)(F)F)cc3)C[C@@H]2C1. The van der Waals surface area contributed by atoms with E-state index in [4.69, 9.17) is 4.74 Å². The molecule has 2 aliphatic rings. The first-order valence-electron chi connectivity index (χ1n) is 8.43. The van der Waals surface area contributed by atoms with E-state index in [1.165, 1.54) is 12.1 Å². The predicted octanol–water partition coefficient (Wildman–Crippen LogP) is 4.01. The Bertz CT molecular complexity index is 623. The summed E-state index contributed by atoms with van der Waals surface area (Å²) in [7, 11) is 0. The number of hydrogen-bond donors (Lipinski definition) is 0. The van der Waals surface area contributed by atoms with Crippen LogP contribution in [0.5, 0.6) is 0 Å². The molecule has 4 nitrogen and oxygen atoms in total. The standard InChI is InChI=1S/C18H23F3N2O2/c1-17(2,3)25-16(24)23-10-12-8-22(9-13(12)11-23)15-6-4-14(5-7-15)18(19,20)21/h4-7,12-13H,8-11H2,1-3H3/t12-,13+. The summed E-state index contributed by atoms with van der Waals surface area (Å²) in [5.74, 6) is 0.657. The summed E-state index contributed by atoms with van der Waals surface area (Å²) in [6, 6.07) is 5.29. The summed E-state index contributed by atoms with van der Waals surface area (Å²) in [6.45, 7) is 8.29. The van der Waals surface area contributed by atoms with Crippen LogP contribution in [0.15, 0.2) is 24.3 Å². The molecule has 25 heavy (non-hydrogen) atoms. The van der Waals surface area contributed by atoms with Gasteiger partial charge in [0.25, 0.3) is 0 Å². The molecule has 1 aromatic carbocycles. The Morgan fingerprint density at radius 1 is 1.00 bits per heavy atom. The van der Waals surface area contributed by atoms with E-state index < -0.39 is 17.3 Å². The van der Waals surface area contributed by atoms with Gasteiger partial charge in [-0.15, -0.1) is 0 Å². The van der Waals surface area contributed by atoms with Crippen molar-refractivity contribution in [2.75, 3.05) is 31.1 Å². The molecular formula is C18H23F3N2O2. The van der Waals surface area contributed by atoms with Gasteiger partial charge in [0.15, 0.2) is 0 Å². The largest absolute Gasteiger partial charge is 0.444 e. The van der Waals surface area contributed by atoms with Crippen LogP contribution in [-0.4, -0.2) is 42.8 Å². The predicted molar refractivity (Wildman–Crippen MR) is 88.4 cm³/mol. The molecule has 0 unspecified atom stereocenters. The second-order valence-corrected chi connectivity index (χ2v) is 7.86. The van der Waals surface area contributed by atoms with Gasteiger partial charge in [0.1, 0.15) is 5.60 Å². The van der Waals surface area contributed by atoms with Crippen molar-refractivity contribution in [3.63, 3.8) is 0 Å². The Morgan fingerprint density at radius 3 is 1.96 bits per heavy atom. The molecule has 2 saturated heterocycles. The first-order chi connectivity index (χ1) is 11.5. The van der Waals surface area contributed by atoms with Crippen LogP contribution >= 0.6 is 0 Å². The summed E-state index contributed by atoms with van der Waals surface area (Å²) in [5.41, 5.74) is -0.348. The molecule has 0 spiro atoms. The molecule has 0 aliphatic carbocycles. The van der Waals surface area contributed by atoms with Gasteiger partial charge in [-0.2, -0.15) is 13.2 Å². The van der Waals surface area contributed by atoms with Gasteiger partial charge in [-0.1, -0.05) is 0 Å². The monoisotopic (exact) mass is 356 g/mol. The van der Waals surface area contributed by atoms with Crippen molar-refractivity contribution in [1.82, 2.24) is 4.90 Å². The number of carbonyl (C=O) groups excluding carboxylic acids is 1. The number of carbonyl (C=O) groups is 1. The van der Waals surface area contributed by atoms with Gasteiger partial charge < -0.3 is 14.5 Å². The van der Waals surface area contributed by atoms with E-state index in [1.54, 1.807) is 4.90 Å². The number of nitrogens with zero attached hydrogens (tertiary/aromatic N) is 2. The zero-order valence-electron chi connectivity index (χ0n) is 14.6. The van der Waals surface area contributed by atoms with Gasteiger partial charge in [0, 0.05) is 43.7 Å². The van der Waals surface area contributed by atoms with Crippen molar-refractivity contribution in [3.8, 4) is 0 Å². The normalized spacial score (nSPS) is 23.8. The van der Waals surface area contributed by atoms with Crippen LogP contribution < -0.4 is 4.90 Å². The minimum atomic E-state index is -4.31. The van der Waals surface area contributed by atoms with Crippen LogP contribution in [0.1, 0.15) is 26.3 Å². The van der Waals surface area contributed by atoms with Crippen LogP contribution in [0.3, 0.4) is 0 Å². The molecule has 138 valence electrons. The number of fused-ring (bicyclic) bond motifs is 1. The van der Waals surface area contributed by atoms with Crippen LogP contribution in [0.4, 0.5) is 23.7 Å². The third kappa shape index (κ3) is 4.02. The van der Waals surface area contributed by atoms with Crippen molar-refractivity contribution in [2.24, 2.45) is 11.8 Å². The molecule has 0 saturated carbocycles. The lowest BCUT2D eigenvalue weighted by molar-refractivity contribution is -0.137. The van der Waals surface area contributed by atoms with Crippen molar-refractivity contribution in [3.05, 3.63) is 29.8 Å². The van der Waals surface area contributed by atoms with E-state index in [9.17, 15) is 18.0 Å². The van der Waals surface area contributed by atoms with Gasteiger partial charge in [-0.3, -0.25) is 0 Å². The molecule has 0 aromatic heterocycles. The van der Waals surface area contributed by atoms with E-state index in [0.717, 1.165) is 30.9 Å². The number of ether oxygens (including phenoxy) is 1. The lowest BCUT2D eigenvalue weighted by atomic mass is 10.0. The number of rotatable bonds is 1. The number of anilines is 1. The maximum Gasteiger partial charge on any atom is 0.416 e. The fourth-order valence-corrected chi connectivity index (χ4v) is 3.54. The second kappa shape index (κ2) is 6.11. The lowest BCUT2D eigenvalue weighted by Gasteiger charge is -2.26. The number of likely N-dealkylation sites (tertiary alicyclic amines) is 1. The average molecular weight is 356 g/mol. The highest BCUT2D eigenvalue weighted by Gasteiger charge is 2.43. The molecule has 0 radical (unpaired) electrons. The molecule has 7 heteroatoms. The van der Waals surface area contributed by atoms with Gasteiger partial charge in [0.2, 0.25) is 0 Å². The maximum absolute atomic E-state index is 12.7. The highest BCUT2D eigenvalue weighted by molar-refractivity contribution is 5.68. The summed E-state index contributed by atoms with van der Waals surface area (Å²) in [5, 5.41) is 0. The first-order valence-corrected chi connectivity index (χ1v) is 8.43. The summed E-state index contributed by atoms with van der Waals surface area (Å²) >= 11 is 0. The van der Waals surface area contributed by atoms with Crippen molar-refractivity contribution in [1.29, 1.82) is 0 Å². The van der Waals surface area contributed by atoms with E-state index in [0.29, 0.717) is 24.9 Å². The highest BCUT2D eigenvalue weighted by atomic mass is 19.4. The molecule has 0 bridgehead atoms. The molecule has 2 fully saturated rings. The summed E-state index contributed by atoms with van der Waals surface area (Å²) in [4.78, 5) is 16.0. The molecule has 1 aromatic rings. The van der Waals surface area contributed by atoms with E-state index in [1.807, 2.05) is 20.8 Å². The molecule has 2 atom stereocenters. The van der Waals surface area contributed by atoms with Crippen LogP contribution in [-0.2, 0) is 10.9 Å². The molecule has 1 amide bonds. The smallest absolute Gasteiger partial charge is 0.416 e. The van der Waals surface area contributed by atoms with E-state index >= 15 is 0 Å². The fourth-order valence-electron chi connectivity index (χ4n) is 3.54.